The first-order chi connectivity index (χ1) is 13.0. The van der Waals surface area contributed by atoms with Gasteiger partial charge >= 0.3 is 0 Å². The Morgan fingerprint density at radius 2 is 1.22 bits per heavy atom. The van der Waals surface area contributed by atoms with Gasteiger partial charge in [0.1, 0.15) is 0 Å². The molecule has 0 aliphatic carbocycles. The molecule has 8 nitrogen and oxygen atoms in total. The van der Waals surface area contributed by atoms with Crippen LogP contribution in [-0.4, -0.2) is 46.2 Å². The average molecular weight is 378 g/mol. The van der Waals surface area contributed by atoms with Crippen molar-refractivity contribution in [2.24, 2.45) is 0 Å². The van der Waals surface area contributed by atoms with Crippen LogP contribution in [0.15, 0.2) is 43.1 Å². The van der Waals surface area contributed by atoms with Crippen molar-refractivity contribution in [3.63, 3.8) is 0 Å². The minimum absolute atomic E-state index is 0.257. The molecule has 0 spiro atoms. The molecule has 0 saturated heterocycles. The van der Waals surface area contributed by atoms with Crippen LogP contribution >= 0.6 is 0 Å². The first kappa shape index (κ1) is 20.7. The standard InChI is InChI=1S/C19H26N2O6/c1-3-20(12-16-18(24)14(22)6-10-26-16)8-5-9-21(4-2)13-17-19(25)15(23)7-11-27-17/h6-7,10-11,24-25H,3-5,8-9,12-13H2,1-2H3. The van der Waals surface area contributed by atoms with E-state index in [1.807, 2.05) is 13.8 Å². The Kier molecular flexibility index (Phi) is 7.63. The summed E-state index contributed by atoms with van der Waals surface area (Å²) in [5.74, 6) is -0.179. The summed E-state index contributed by atoms with van der Waals surface area (Å²) in [6, 6.07) is 2.37. The van der Waals surface area contributed by atoms with E-state index in [4.69, 9.17) is 8.83 Å². The van der Waals surface area contributed by atoms with Crippen LogP contribution in [0.1, 0.15) is 31.8 Å². The molecule has 2 N–H and O–H groups in total. The minimum atomic E-state index is -0.450. The van der Waals surface area contributed by atoms with Gasteiger partial charge in [-0.05, 0) is 32.6 Å². The molecule has 0 aliphatic heterocycles. The van der Waals surface area contributed by atoms with Crippen molar-refractivity contribution < 1.29 is 19.0 Å². The van der Waals surface area contributed by atoms with Crippen molar-refractivity contribution in [2.45, 2.75) is 33.4 Å². The van der Waals surface area contributed by atoms with E-state index in [1.54, 1.807) is 0 Å². The van der Waals surface area contributed by atoms with Crippen molar-refractivity contribution >= 4 is 0 Å². The first-order valence-corrected chi connectivity index (χ1v) is 9.00. The van der Waals surface area contributed by atoms with Gasteiger partial charge in [-0.3, -0.25) is 19.4 Å². The van der Waals surface area contributed by atoms with Crippen LogP contribution in [0.3, 0.4) is 0 Å². The largest absolute Gasteiger partial charge is 0.502 e. The molecule has 2 aromatic heterocycles. The van der Waals surface area contributed by atoms with Crippen molar-refractivity contribution in [3.05, 3.63) is 56.6 Å². The van der Waals surface area contributed by atoms with Crippen molar-refractivity contribution in [2.75, 3.05) is 26.2 Å². The fourth-order valence-electron chi connectivity index (χ4n) is 2.75. The zero-order valence-corrected chi connectivity index (χ0v) is 15.7. The number of nitrogens with zero attached hydrogens (tertiary/aromatic N) is 2. The third kappa shape index (κ3) is 5.70. The molecule has 0 bridgehead atoms. The predicted molar refractivity (Wildman–Crippen MR) is 99.8 cm³/mol. The Morgan fingerprint density at radius 3 is 1.59 bits per heavy atom. The van der Waals surface area contributed by atoms with E-state index in [0.29, 0.717) is 13.1 Å². The van der Waals surface area contributed by atoms with Crippen molar-refractivity contribution in [1.29, 1.82) is 0 Å². The lowest BCUT2D eigenvalue weighted by Gasteiger charge is -2.23. The number of hydrogen-bond acceptors (Lipinski definition) is 8. The lowest BCUT2D eigenvalue weighted by Crippen LogP contribution is -2.30. The summed E-state index contributed by atoms with van der Waals surface area (Å²) >= 11 is 0. The maximum Gasteiger partial charge on any atom is 0.226 e. The highest BCUT2D eigenvalue weighted by atomic mass is 16.4. The van der Waals surface area contributed by atoms with Crippen LogP contribution in [0.25, 0.3) is 0 Å². The molecule has 27 heavy (non-hydrogen) atoms. The monoisotopic (exact) mass is 378 g/mol. The smallest absolute Gasteiger partial charge is 0.226 e. The van der Waals surface area contributed by atoms with E-state index >= 15 is 0 Å². The normalized spacial score (nSPS) is 11.4. The summed E-state index contributed by atoms with van der Waals surface area (Å²) in [7, 11) is 0. The molecule has 2 aromatic rings. The molecule has 0 fully saturated rings. The van der Waals surface area contributed by atoms with Crippen LogP contribution in [0.2, 0.25) is 0 Å². The Balaban J connectivity index is 1.89. The molecule has 0 radical (unpaired) electrons. The van der Waals surface area contributed by atoms with Gasteiger partial charge in [0.2, 0.25) is 22.4 Å². The second kappa shape index (κ2) is 9.94. The molecular formula is C19H26N2O6. The third-order valence-electron chi connectivity index (χ3n) is 4.43. The van der Waals surface area contributed by atoms with E-state index < -0.39 is 10.9 Å². The number of hydrogen-bond donors (Lipinski definition) is 2. The van der Waals surface area contributed by atoms with Gasteiger partial charge in [0.15, 0.2) is 11.5 Å². The zero-order chi connectivity index (χ0) is 19.8. The molecule has 2 rings (SSSR count). The molecule has 0 aromatic carbocycles. The quantitative estimate of drug-likeness (QED) is 0.644. The van der Waals surface area contributed by atoms with Gasteiger partial charge in [0.05, 0.1) is 25.6 Å². The summed E-state index contributed by atoms with van der Waals surface area (Å²) < 4.78 is 10.5. The van der Waals surface area contributed by atoms with Gasteiger partial charge in [0.25, 0.3) is 0 Å². The Hall–Kier alpha value is -2.58. The zero-order valence-electron chi connectivity index (χ0n) is 15.7. The molecule has 0 unspecified atom stereocenters. The number of rotatable bonds is 10. The maximum atomic E-state index is 11.5. The van der Waals surface area contributed by atoms with Gasteiger partial charge in [-0.15, -0.1) is 0 Å². The highest BCUT2D eigenvalue weighted by Gasteiger charge is 2.14. The van der Waals surface area contributed by atoms with Gasteiger partial charge in [-0.1, -0.05) is 13.8 Å². The third-order valence-corrected chi connectivity index (χ3v) is 4.43. The molecular weight excluding hydrogens is 352 g/mol. The van der Waals surface area contributed by atoms with E-state index in [1.165, 1.54) is 24.7 Å². The second-order valence-corrected chi connectivity index (χ2v) is 6.20. The molecule has 0 amide bonds. The highest BCUT2D eigenvalue weighted by molar-refractivity contribution is 5.23. The average Bonchev–Trinajstić information content (AvgIpc) is 2.66. The summed E-state index contributed by atoms with van der Waals surface area (Å²) in [6.07, 6.45) is 3.38. The molecule has 2 heterocycles. The van der Waals surface area contributed by atoms with Crippen molar-refractivity contribution in [3.8, 4) is 11.5 Å². The van der Waals surface area contributed by atoms with Crippen LogP contribution in [0.5, 0.6) is 11.5 Å². The minimum Gasteiger partial charge on any atom is -0.502 e. The fourth-order valence-corrected chi connectivity index (χ4v) is 2.75. The number of aromatic hydroxyl groups is 2. The van der Waals surface area contributed by atoms with Gasteiger partial charge in [-0.2, -0.15) is 0 Å². The highest BCUT2D eigenvalue weighted by Crippen LogP contribution is 2.15. The molecule has 0 saturated carbocycles. The Bertz CT molecular complexity index is 775. The Morgan fingerprint density at radius 1 is 0.815 bits per heavy atom. The van der Waals surface area contributed by atoms with Crippen molar-refractivity contribution in [1.82, 2.24) is 9.80 Å². The van der Waals surface area contributed by atoms with E-state index in [2.05, 4.69) is 9.80 Å². The first-order valence-electron chi connectivity index (χ1n) is 9.00. The van der Waals surface area contributed by atoms with Crippen LogP contribution in [-0.2, 0) is 13.1 Å². The fraction of sp³-hybridized carbons (Fsp3) is 0.474. The Labute approximate surface area is 157 Å². The lowest BCUT2D eigenvalue weighted by atomic mass is 10.2. The lowest BCUT2D eigenvalue weighted by molar-refractivity contribution is 0.203. The van der Waals surface area contributed by atoms with Gasteiger partial charge < -0.3 is 19.0 Å². The second-order valence-electron chi connectivity index (χ2n) is 6.20. The topological polar surface area (TPSA) is 107 Å². The van der Waals surface area contributed by atoms with E-state index in [0.717, 1.165) is 32.6 Å². The molecule has 8 heteroatoms. The molecule has 148 valence electrons. The predicted octanol–water partition coefficient (Wildman–Crippen LogP) is 1.74. The molecule has 0 atom stereocenters. The van der Waals surface area contributed by atoms with E-state index in [-0.39, 0.29) is 23.0 Å². The summed E-state index contributed by atoms with van der Waals surface area (Å²) in [5.41, 5.74) is -0.901. The summed E-state index contributed by atoms with van der Waals surface area (Å²) in [6.45, 7) is 7.61. The summed E-state index contributed by atoms with van der Waals surface area (Å²) in [5, 5.41) is 19.6. The van der Waals surface area contributed by atoms with Crippen LogP contribution in [0.4, 0.5) is 0 Å². The van der Waals surface area contributed by atoms with Crippen LogP contribution in [0, 0.1) is 0 Å². The molecule has 0 aliphatic rings. The maximum absolute atomic E-state index is 11.5. The summed E-state index contributed by atoms with van der Waals surface area (Å²) in [4.78, 5) is 27.1. The van der Waals surface area contributed by atoms with Gasteiger partial charge in [0, 0.05) is 12.1 Å². The van der Waals surface area contributed by atoms with Crippen LogP contribution < -0.4 is 10.9 Å². The van der Waals surface area contributed by atoms with E-state index in [9.17, 15) is 19.8 Å². The SMILES string of the molecule is CCN(CCCN(CC)Cc1occc(=O)c1O)Cc1occc(=O)c1O. The van der Waals surface area contributed by atoms with Gasteiger partial charge in [-0.25, -0.2) is 0 Å².